The van der Waals surface area contributed by atoms with Crippen molar-refractivity contribution in [3.8, 4) is 0 Å². The van der Waals surface area contributed by atoms with Gasteiger partial charge in [-0.05, 0) is 114 Å². The summed E-state index contributed by atoms with van der Waals surface area (Å²) in [6.07, 6.45) is -5.68. The molecule has 0 heterocycles. The van der Waals surface area contributed by atoms with Crippen molar-refractivity contribution in [2.75, 3.05) is 0 Å². The van der Waals surface area contributed by atoms with E-state index in [9.17, 15) is 45.8 Å². The Morgan fingerprint density at radius 2 is 1.04 bits per heavy atom. The van der Waals surface area contributed by atoms with Crippen LogP contribution in [0.25, 0.3) is 0 Å². The van der Waals surface area contributed by atoms with Gasteiger partial charge in [0.05, 0.1) is 16.2 Å². The maximum atomic E-state index is 12.4. The fourth-order valence-corrected chi connectivity index (χ4v) is 3.76. The van der Waals surface area contributed by atoms with E-state index in [1.165, 1.54) is 19.8 Å². The van der Waals surface area contributed by atoms with E-state index in [0.29, 0.717) is 19.8 Å². The van der Waals surface area contributed by atoms with Gasteiger partial charge in [0.1, 0.15) is 11.7 Å². The molecule has 0 amide bonds. The third-order valence-electron chi connectivity index (χ3n) is 9.13. The second kappa shape index (κ2) is 19.4. The number of ether oxygens (including phenoxy) is 3. The largest absolute Gasteiger partial charge is 0.462 e. The molecule has 0 aromatic rings. The lowest BCUT2D eigenvalue weighted by atomic mass is 9.89. The molecule has 1 aliphatic carbocycles. The summed E-state index contributed by atoms with van der Waals surface area (Å²) in [5, 5.41) is 9.28. The Labute approximate surface area is 285 Å². The van der Waals surface area contributed by atoms with Gasteiger partial charge in [-0.3, -0.25) is 14.4 Å². The van der Waals surface area contributed by atoms with Crippen LogP contribution in [0.5, 0.6) is 0 Å². The topological polar surface area (TPSA) is 99.1 Å². The van der Waals surface area contributed by atoms with Gasteiger partial charge in [-0.25, -0.2) is 0 Å². The van der Waals surface area contributed by atoms with Crippen LogP contribution in [0.2, 0.25) is 0 Å². The van der Waals surface area contributed by atoms with Crippen LogP contribution in [0.3, 0.4) is 0 Å². The number of alkyl halides is 6. The summed E-state index contributed by atoms with van der Waals surface area (Å²) >= 11 is 0. The Balaban J connectivity index is -0.000000632. The monoisotopic (exact) mass is 710 g/mol. The standard InChI is InChI=1S/C13H24O2.C12H21F3O3.C9H15F3O2.CH4/c1-5-12(3,4)11(14)15-13(6-2)9-7-8-10-13;1-6-10(3,4)9(16)18-8(2)7-11(5,17)12(13,14)15;1-5-8(3,4)7(13)14-6(2)9(10,11)12;/h5-10H2,1-4H3;8,17H,6-7H2,1-5H3;6H,5H2,1-4H3;1H4. The minimum Gasteiger partial charge on any atom is -0.462 e. The number of halogens is 6. The summed E-state index contributed by atoms with van der Waals surface area (Å²) in [5.74, 6) is -1.39. The number of esters is 3. The van der Waals surface area contributed by atoms with Crippen molar-refractivity contribution >= 4 is 17.9 Å². The molecule has 1 N–H and O–H groups in total. The van der Waals surface area contributed by atoms with E-state index in [4.69, 9.17) is 9.47 Å². The minimum atomic E-state index is -4.74. The van der Waals surface area contributed by atoms with Gasteiger partial charge >= 0.3 is 30.3 Å². The van der Waals surface area contributed by atoms with Gasteiger partial charge < -0.3 is 19.3 Å². The number of rotatable bonds is 12. The van der Waals surface area contributed by atoms with Gasteiger partial charge in [0.25, 0.3) is 0 Å². The molecule has 1 saturated carbocycles. The highest BCUT2D eigenvalue weighted by molar-refractivity contribution is 5.77. The van der Waals surface area contributed by atoms with Gasteiger partial charge in [-0.15, -0.1) is 0 Å². The smallest absolute Gasteiger partial charge is 0.425 e. The zero-order valence-corrected chi connectivity index (χ0v) is 30.7. The molecule has 3 atom stereocenters. The summed E-state index contributed by atoms with van der Waals surface area (Å²) < 4.78 is 88.4. The molecule has 0 bridgehead atoms. The van der Waals surface area contributed by atoms with E-state index in [-0.39, 0.29) is 24.4 Å². The lowest BCUT2D eigenvalue weighted by Crippen LogP contribution is -2.45. The van der Waals surface area contributed by atoms with Gasteiger partial charge in [-0.2, -0.15) is 26.3 Å². The second-order valence-corrected chi connectivity index (χ2v) is 14.6. The van der Waals surface area contributed by atoms with Gasteiger partial charge in [0.15, 0.2) is 11.7 Å². The van der Waals surface area contributed by atoms with Crippen molar-refractivity contribution < 1.29 is 60.0 Å². The quantitative estimate of drug-likeness (QED) is 0.122. The second-order valence-electron chi connectivity index (χ2n) is 14.6. The summed E-state index contributed by atoms with van der Waals surface area (Å²) in [4.78, 5) is 34.9. The highest BCUT2D eigenvalue weighted by Gasteiger charge is 2.51. The first-order valence-corrected chi connectivity index (χ1v) is 16.4. The number of aliphatic hydroxyl groups is 1. The van der Waals surface area contributed by atoms with Crippen LogP contribution in [0, 0.1) is 16.2 Å². The fourth-order valence-electron chi connectivity index (χ4n) is 3.76. The minimum absolute atomic E-state index is 0. The first-order valence-electron chi connectivity index (χ1n) is 16.4. The Bertz CT molecular complexity index is 979. The van der Waals surface area contributed by atoms with Crippen molar-refractivity contribution in [3.05, 3.63) is 0 Å². The Hall–Kier alpha value is -2.05. The van der Waals surface area contributed by atoms with E-state index in [1.807, 2.05) is 20.8 Å². The molecule has 7 nitrogen and oxygen atoms in total. The Kier molecular flexibility index (Phi) is 20.3. The highest BCUT2D eigenvalue weighted by atomic mass is 19.4. The molecule has 0 aliphatic heterocycles. The summed E-state index contributed by atoms with van der Waals surface area (Å²) in [6, 6.07) is 0. The molecule has 13 heteroatoms. The van der Waals surface area contributed by atoms with Gasteiger partial charge in [0.2, 0.25) is 0 Å². The average molecular weight is 711 g/mol. The lowest BCUT2D eigenvalue weighted by molar-refractivity contribution is -0.261. The lowest BCUT2D eigenvalue weighted by Gasteiger charge is -2.32. The molecule has 0 aromatic heterocycles. The molecule has 0 radical (unpaired) electrons. The molecular formula is C35H64F6O7. The van der Waals surface area contributed by atoms with E-state index in [1.54, 1.807) is 41.5 Å². The predicted molar refractivity (Wildman–Crippen MR) is 175 cm³/mol. The van der Waals surface area contributed by atoms with E-state index >= 15 is 0 Å². The number of carbonyl (C=O) groups excluding carboxylic acids is 3. The predicted octanol–water partition coefficient (Wildman–Crippen LogP) is 10.3. The fraction of sp³-hybridized carbons (Fsp3) is 0.914. The molecule has 288 valence electrons. The highest BCUT2D eigenvalue weighted by Crippen LogP contribution is 2.38. The SMILES string of the molecule is C.CCC(C)(C)C(=O)OC(C)C(F)(F)F.CCC(C)(C)C(=O)OC(C)CC(C)(O)C(F)(F)F.CCC1(OC(=O)C(C)(C)CC)CCCC1. The third-order valence-corrected chi connectivity index (χ3v) is 9.13. The average Bonchev–Trinajstić information content (AvgIpc) is 3.40. The molecule has 0 spiro atoms. The summed E-state index contributed by atoms with van der Waals surface area (Å²) in [6.45, 7) is 20.9. The third kappa shape index (κ3) is 16.6. The van der Waals surface area contributed by atoms with E-state index in [2.05, 4.69) is 11.7 Å². The van der Waals surface area contributed by atoms with Crippen molar-refractivity contribution in [3.63, 3.8) is 0 Å². The maximum absolute atomic E-state index is 12.4. The van der Waals surface area contributed by atoms with Crippen molar-refractivity contribution in [2.24, 2.45) is 16.2 Å². The van der Waals surface area contributed by atoms with Crippen LogP contribution < -0.4 is 0 Å². The number of hydrogen-bond donors (Lipinski definition) is 1. The molecule has 3 unspecified atom stereocenters. The van der Waals surface area contributed by atoms with Crippen LogP contribution in [-0.2, 0) is 28.6 Å². The first kappa shape index (κ1) is 50.3. The van der Waals surface area contributed by atoms with Gasteiger partial charge in [0, 0.05) is 6.42 Å². The molecule has 1 aliphatic rings. The van der Waals surface area contributed by atoms with E-state index in [0.717, 1.165) is 32.6 Å². The zero-order valence-electron chi connectivity index (χ0n) is 30.7. The van der Waals surface area contributed by atoms with Crippen LogP contribution in [-0.4, -0.2) is 58.8 Å². The molecule has 1 rings (SSSR count). The van der Waals surface area contributed by atoms with Crippen LogP contribution in [0.4, 0.5) is 26.3 Å². The van der Waals surface area contributed by atoms with Crippen LogP contribution in [0.1, 0.15) is 155 Å². The maximum Gasteiger partial charge on any atom is 0.425 e. The van der Waals surface area contributed by atoms with Gasteiger partial charge in [-0.1, -0.05) is 35.1 Å². The zero-order chi connectivity index (χ0) is 37.9. The van der Waals surface area contributed by atoms with Crippen molar-refractivity contribution in [1.29, 1.82) is 0 Å². The van der Waals surface area contributed by atoms with E-state index < -0.39 is 59.4 Å². The summed E-state index contributed by atoms with van der Waals surface area (Å²) in [7, 11) is 0. The molecule has 48 heavy (non-hydrogen) atoms. The number of hydrogen-bond acceptors (Lipinski definition) is 7. The normalized spacial score (nSPS) is 17.5. The van der Waals surface area contributed by atoms with Crippen molar-refractivity contribution in [1.82, 2.24) is 0 Å². The Morgan fingerprint density at radius 3 is 1.35 bits per heavy atom. The van der Waals surface area contributed by atoms with Crippen molar-refractivity contribution in [2.45, 2.75) is 191 Å². The molecule has 1 fully saturated rings. The summed E-state index contributed by atoms with van der Waals surface area (Å²) in [5.41, 5.74) is -4.92. The van der Waals surface area contributed by atoms with Crippen LogP contribution >= 0.6 is 0 Å². The molecule has 0 aromatic carbocycles. The van der Waals surface area contributed by atoms with Crippen LogP contribution in [0.15, 0.2) is 0 Å². The number of carbonyl (C=O) groups is 3. The molecule has 0 saturated heterocycles. The molecular weight excluding hydrogens is 646 g/mol. The Morgan fingerprint density at radius 1 is 0.688 bits per heavy atom. The first-order chi connectivity index (χ1) is 20.9.